The summed E-state index contributed by atoms with van der Waals surface area (Å²) in [7, 11) is 0. The maximum Gasteiger partial charge on any atom is 0.179 e. The lowest BCUT2D eigenvalue weighted by Crippen LogP contribution is -2.16. The third-order valence-corrected chi connectivity index (χ3v) is 4.43. The normalized spacial score (nSPS) is 15.8. The summed E-state index contributed by atoms with van der Waals surface area (Å²) in [6.45, 7) is 0.872. The molecule has 0 atom stereocenters. The van der Waals surface area contributed by atoms with Crippen LogP contribution in [-0.4, -0.2) is 10.7 Å². The van der Waals surface area contributed by atoms with Gasteiger partial charge in [-0.25, -0.2) is 0 Å². The SMILES string of the molecule is O=C1C=Cc2cc(=CC=C3C=CN(Cc4ccccc4)C=C3)ccc2=C1. The second-order valence-electron chi connectivity index (χ2n) is 6.39. The molecule has 0 saturated carbocycles. The van der Waals surface area contributed by atoms with Gasteiger partial charge in [-0.15, -0.1) is 0 Å². The van der Waals surface area contributed by atoms with Crippen LogP contribution in [-0.2, 0) is 11.3 Å². The summed E-state index contributed by atoms with van der Waals surface area (Å²) in [6.07, 6.45) is 17.8. The Morgan fingerprint density at radius 1 is 0.846 bits per heavy atom. The zero-order valence-corrected chi connectivity index (χ0v) is 14.4. The molecule has 2 aromatic carbocycles. The molecule has 1 aliphatic carbocycles. The Labute approximate surface area is 153 Å². The number of ketones is 1. The molecule has 26 heavy (non-hydrogen) atoms. The van der Waals surface area contributed by atoms with E-state index < -0.39 is 0 Å². The van der Waals surface area contributed by atoms with Crippen molar-refractivity contribution in [1.82, 2.24) is 4.90 Å². The molecular weight excluding hydrogens is 318 g/mol. The molecule has 2 heteroatoms. The van der Waals surface area contributed by atoms with Gasteiger partial charge in [0.1, 0.15) is 0 Å². The molecule has 0 bridgehead atoms. The Hall–Kier alpha value is -3.39. The Morgan fingerprint density at radius 2 is 1.65 bits per heavy atom. The van der Waals surface area contributed by atoms with Crippen LogP contribution in [0.15, 0.2) is 90.8 Å². The molecule has 4 rings (SSSR count). The summed E-state index contributed by atoms with van der Waals surface area (Å²) in [5, 5.41) is 2.11. The van der Waals surface area contributed by atoms with E-state index in [9.17, 15) is 4.79 Å². The largest absolute Gasteiger partial charge is 0.350 e. The number of hydrogen-bond donors (Lipinski definition) is 0. The monoisotopic (exact) mass is 337 g/mol. The van der Waals surface area contributed by atoms with E-state index >= 15 is 0 Å². The van der Waals surface area contributed by atoms with Crippen LogP contribution in [0, 0.1) is 0 Å². The van der Waals surface area contributed by atoms with E-state index in [1.807, 2.05) is 24.3 Å². The van der Waals surface area contributed by atoms with Gasteiger partial charge in [-0.3, -0.25) is 4.79 Å². The van der Waals surface area contributed by atoms with E-state index in [1.165, 1.54) is 5.56 Å². The quantitative estimate of drug-likeness (QED) is 0.856. The summed E-state index contributed by atoms with van der Waals surface area (Å²) < 4.78 is 0. The second kappa shape index (κ2) is 7.24. The van der Waals surface area contributed by atoms with E-state index in [0.717, 1.165) is 28.1 Å². The molecule has 0 unspecified atom stereocenters. The molecule has 2 aliphatic rings. The lowest BCUT2D eigenvalue weighted by atomic mass is 10.0. The van der Waals surface area contributed by atoms with Crippen LogP contribution in [0.3, 0.4) is 0 Å². The van der Waals surface area contributed by atoms with Crippen LogP contribution in [0.1, 0.15) is 11.1 Å². The maximum absolute atomic E-state index is 11.4. The van der Waals surface area contributed by atoms with E-state index in [2.05, 4.69) is 71.9 Å². The number of nitrogens with zero attached hydrogens (tertiary/aromatic N) is 1. The van der Waals surface area contributed by atoms with Crippen molar-refractivity contribution in [3.05, 3.63) is 112 Å². The number of carbonyl (C=O) groups excluding carboxylic acids is 1. The van der Waals surface area contributed by atoms with E-state index in [4.69, 9.17) is 0 Å². The standard InChI is InChI=1S/C24H19NO/c26-24-11-10-22-16-20(8-9-23(22)17-24)7-6-19-12-14-25(15-13-19)18-21-4-2-1-3-5-21/h1-17H,18H2. The zero-order valence-electron chi connectivity index (χ0n) is 14.4. The van der Waals surface area contributed by atoms with Crippen LogP contribution < -0.4 is 10.4 Å². The van der Waals surface area contributed by atoms with Crippen molar-refractivity contribution in [3.63, 3.8) is 0 Å². The fourth-order valence-electron chi connectivity index (χ4n) is 3.02. The lowest BCUT2D eigenvalue weighted by molar-refractivity contribution is -0.109. The molecule has 0 saturated heterocycles. The summed E-state index contributed by atoms with van der Waals surface area (Å²) in [5.41, 5.74) is 3.53. The number of rotatable bonds is 3. The van der Waals surface area contributed by atoms with Crippen molar-refractivity contribution in [2.75, 3.05) is 0 Å². The van der Waals surface area contributed by atoms with E-state index in [0.29, 0.717) is 0 Å². The molecule has 2 nitrogen and oxygen atoms in total. The second-order valence-corrected chi connectivity index (χ2v) is 6.39. The van der Waals surface area contributed by atoms with Crippen LogP contribution in [0.4, 0.5) is 0 Å². The van der Waals surface area contributed by atoms with Crippen LogP contribution in [0.25, 0.3) is 18.2 Å². The molecule has 0 aromatic heterocycles. The van der Waals surface area contributed by atoms with Crippen LogP contribution in [0.2, 0.25) is 0 Å². The highest BCUT2D eigenvalue weighted by molar-refractivity contribution is 6.16. The molecule has 0 radical (unpaired) electrons. The van der Waals surface area contributed by atoms with Gasteiger partial charge in [0.05, 0.1) is 0 Å². The first-order valence-corrected chi connectivity index (χ1v) is 8.68. The van der Waals surface area contributed by atoms with Crippen molar-refractivity contribution >= 4 is 24.0 Å². The highest BCUT2D eigenvalue weighted by Crippen LogP contribution is 2.13. The first kappa shape index (κ1) is 16.1. The smallest absolute Gasteiger partial charge is 0.179 e. The van der Waals surface area contributed by atoms with Crippen molar-refractivity contribution in [1.29, 1.82) is 0 Å². The fourth-order valence-corrected chi connectivity index (χ4v) is 3.02. The van der Waals surface area contributed by atoms with Gasteiger partial charge in [-0.05, 0) is 57.5 Å². The molecule has 1 heterocycles. The van der Waals surface area contributed by atoms with Gasteiger partial charge in [-0.1, -0.05) is 60.7 Å². The average Bonchev–Trinajstić information content (AvgIpc) is 2.68. The van der Waals surface area contributed by atoms with Gasteiger partial charge in [-0.2, -0.15) is 0 Å². The summed E-state index contributed by atoms with van der Waals surface area (Å²) in [5.74, 6) is 0.0499. The Kier molecular flexibility index (Phi) is 4.48. The third-order valence-electron chi connectivity index (χ3n) is 4.43. The van der Waals surface area contributed by atoms with E-state index in [1.54, 1.807) is 12.2 Å². The molecule has 126 valence electrons. The van der Waals surface area contributed by atoms with Crippen LogP contribution >= 0.6 is 0 Å². The van der Waals surface area contributed by atoms with Crippen molar-refractivity contribution in [2.45, 2.75) is 6.54 Å². The van der Waals surface area contributed by atoms with Gasteiger partial charge in [0.25, 0.3) is 0 Å². The number of carbonyl (C=O) groups is 1. The minimum absolute atomic E-state index is 0.0499. The number of hydrogen-bond acceptors (Lipinski definition) is 2. The lowest BCUT2D eigenvalue weighted by Gasteiger charge is -2.18. The maximum atomic E-state index is 11.4. The first-order chi connectivity index (χ1) is 12.8. The third kappa shape index (κ3) is 3.81. The molecule has 0 N–H and O–H groups in total. The van der Waals surface area contributed by atoms with Gasteiger partial charge in [0, 0.05) is 18.9 Å². The van der Waals surface area contributed by atoms with Crippen molar-refractivity contribution < 1.29 is 4.79 Å². The summed E-state index contributed by atoms with van der Waals surface area (Å²) in [6, 6.07) is 16.6. The molecule has 0 amide bonds. The highest BCUT2D eigenvalue weighted by Gasteiger charge is 2.02. The fraction of sp³-hybridized carbons (Fsp3) is 0.0417. The van der Waals surface area contributed by atoms with Gasteiger partial charge in [0.2, 0.25) is 0 Å². The molecule has 0 spiro atoms. The van der Waals surface area contributed by atoms with Crippen LogP contribution in [0.5, 0.6) is 0 Å². The predicted molar refractivity (Wildman–Crippen MR) is 107 cm³/mol. The molecular formula is C24H19NO. The minimum Gasteiger partial charge on any atom is -0.350 e. The number of allylic oxidation sites excluding steroid dienone is 5. The Balaban J connectivity index is 1.49. The minimum atomic E-state index is 0.0499. The van der Waals surface area contributed by atoms with Crippen molar-refractivity contribution in [2.24, 2.45) is 0 Å². The number of fused-ring (bicyclic) bond motifs is 1. The highest BCUT2D eigenvalue weighted by atomic mass is 16.1. The molecule has 1 aliphatic heterocycles. The average molecular weight is 337 g/mol. The van der Waals surface area contributed by atoms with Crippen molar-refractivity contribution in [3.8, 4) is 0 Å². The predicted octanol–water partition coefficient (Wildman–Crippen LogP) is 3.31. The summed E-state index contributed by atoms with van der Waals surface area (Å²) >= 11 is 0. The Bertz CT molecular complexity index is 1050. The molecule has 0 fully saturated rings. The van der Waals surface area contributed by atoms with Gasteiger partial charge < -0.3 is 4.90 Å². The van der Waals surface area contributed by atoms with Gasteiger partial charge in [0.15, 0.2) is 5.78 Å². The molecule has 2 aromatic rings. The van der Waals surface area contributed by atoms with E-state index in [-0.39, 0.29) is 5.78 Å². The zero-order chi connectivity index (χ0) is 17.8. The topological polar surface area (TPSA) is 20.3 Å². The first-order valence-electron chi connectivity index (χ1n) is 8.68. The Morgan fingerprint density at radius 3 is 2.46 bits per heavy atom. The number of benzene rings is 2. The van der Waals surface area contributed by atoms with Gasteiger partial charge >= 0.3 is 0 Å². The summed E-state index contributed by atoms with van der Waals surface area (Å²) in [4.78, 5) is 13.6.